The monoisotopic (exact) mass is 408 g/mol. The molecule has 2 saturated heterocycles. The number of ether oxygens (including phenoxy) is 1. The van der Waals surface area contributed by atoms with Crippen LogP contribution < -0.4 is 5.32 Å². The van der Waals surface area contributed by atoms with Crippen molar-refractivity contribution in [3.63, 3.8) is 0 Å². The molecule has 10 heteroatoms. The van der Waals surface area contributed by atoms with Crippen LogP contribution in [0.3, 0.4) is 0 Å². The number of carbonyl (C=O) groups excluding carboxylic acids is 2. The lowest BCUT2D eigenvalue weighted by Gasteiger charge is -2.22. The van der Waals surface area contributed by atoms with Gasteiger partial charge >= 0.3 is 6.09 Å². The maximum absolute atomic E-state index is 12.6. The highest BCUT2D eigenvalue weighted by Gasteiger charge is 2.34. The number of hydrogen-bond donors (Lipinski definition) is 1. The Bertz CT molecular complexity index is 899. The van der Waals surface area contributed by atoms with Crippen LogP contribution in [0.1, 0.15) is 25.7 Å². The predicted octanol–water partition coefficient (Wildman–Crippen LogP) is 1.67. The van der Waals surface area contributed by atoms with Gasteiger partial charge in [-0.1, -0.05) is 6.07 Å². The molecule has 3 rings (SSSR count). The lowest BCUT2D eigenvalue weighted by molar-refractivity contribution is -0.119. The van der Waals surface area contributed by atoms with E-state index < -0.39 is 22.2 Å². The molecule has 0 saturated carbocycles. The number of hydrogen-bond acceptors (Lipinski definition) is 5. The first kappa shape index (κ1) is 20.1. The number of sulfonamides is 1. The average molecular weight is 408 g/mol. The van der Waals surface area contributed by atoms with E-state index in [-0.39, 0.29) is 10.8 Å². The maximum Gasteiger partial charge on any atom is 0.410 e. The third-order valence-electron chi connectivity index (χ3n) is 4.92. The summed E-state index contributed by atoms with van der Waals surface area (Å²) in [4.78, 5) is 27.6. The van der Waals surface area contributed by atoms with Crippen LogP contribution in [0.15, 0.2) is 33.6 Å². The second-order valence-electron chi connectivity index (χ2n) is 6.85. The number of nitrogens with zero attached hydrogens (tertiary/aromatic N) is 3. The van der Waals surface area contributed by atoms with E-state index in [0.717, 1.165) is 13.0 Å². The number of benzene rings is 1. The van der Waals surface area contributed by atoms with Gasteiger partial charge < -0.3 is 15.0 Å². The summed E-state index contributed by atoms with van der Waals surface area (Å²) in [5.74, 6) is 0.161. The molecular formula is C18H24N4O5S. The molecule has 0 bridgehead atoms. The van der Waals surface area contributed by atoms with Gasteiger partial charge in [0.25, 0.3) is 10.0 Å². The van der Waals surface area contributed by atoms with Crippen molar-refractivity contribution < 1.29 is 22.7 Å². The third kappa shape index (κ3) is 4.27. The van der Waals surface area contributed by atoms with Crippen LogP contribution in [0.4, 0.5) is 10.5 Å². The van der Waals surface area contributed by atoms with E-state index in [4.69, 9.17) is 4.74 Å². The normalized spacial score (nSPS) is 21.2. The first-order valence-corrected chi connectivity index (χ1v) is 10.6. The van der Waals surface area contributed by atoms with E-state index in [1.807, 2.05) is 11.9 Å². The van der Waals surface area contributed by atoms with E-state index >= 15 is 0 Å². The Kier molecular flexibility index (Phi) is 5.87. The first-order chi connectivity index (χ1) is 13.3. The van der Waals surface area contributed by atoms with Crippen LogP contribution in [0, 0.1) is 0 Å². The van der Waals surface area contributed by atoms with Crippen LogP contribution in [0.5, 0.6) is 0 Å². The maximum atomic E-state index is 12.6. The molecule has 0 aliphatic carbocycles. The molecule has 1 aromatic carbocycles. The number of carbonyl (C=O) groups is 2. The topological polar surface area (TPSA) is 108 Å². The fourth-order valence-electron chi connectivity index (χ4n) is 3.44. The minimum absolute atomic E-state index is 0.00865. The number of anilines is 1. The molecule has 1 unspecified atom stereocenters. The van der Waals surface area contributed by atoms with Crippen LogP contribution in [0.25, 0.3) is 0 Å². The molecule has 0 radical (unpaired) electrons. The van der Waals surface area contributed by atoms with Crippen LogP contribution in [-0.4, -0.2) is 69.3 Å². The Hall–Kier alpha value is -2.62. The molecule has 0 spiro atoms. The third-order valence-corrected chi connectivity index (χ3v) is 6.22. The van der Waals surface area contributed by atoms with Crippen molar-refractivity contribution in [3.05, 3.63) is 24.3 Å². The van der Waals surface area contributed by atoms with Gasteiger partial charge in [0.15, 0.2) is 0 Å². The fourth-order valence-corrected chi connectivity index (χ4v) is 4.58. The molecule has 2 fully saturated rings. The van der Waals surface area contributed by atoms with Crippen molar-refractivity contribution in [1.82, 2.24) is 9.80 Å². The second-order valence-corrected chi connectivity index (χ2v) is 8.45. The van der Waals surface area contributed by atoms with Gasteiger partial charge in [-0.15, -0.1) is 4.40 Å². The van der Waals surface area contributed by atoms with Crippen molar-refractivity contribution in [2.24, 2.45) is 4.40 Å². The molecule has 28 heavy (non-hydrogen) atoms. The largest absolute Gasteiger partial charge is 0.453 e. The number of methoxy groups -OCH3 is 1. The predicted molar refractivity (Wildman–Crippen MR) is 104 cm³/mol. The van der Waals surface area contributed by atoms with Gasteiger partial charge in [0.2, 0.25) is 5.91 Å². The van der Waals surface area contributed by atoms with Crippen molar-refractivity contribution in [3.8, 4) is 0 Å². The van der Waals surface area contributed by atoms with Gasteiger partial charge in [-0.25, -0.2) is 4.79 Å². The molecule has 2 amide bonds. The Balaban J connectivity index is 1.76. The van der Waals surface area contributed by atoms with Gasteiger partial charge in [0.1, 0.15) is 11.9 Å². The lowest BCUT2D eigenvalue weighted by Crippen LogP contribution is -2.43. The highest BCUT2D eigenvalue weighted by molar-refractivity contribution is 7.90. The summed E-state index contributed by atoms with van der Waals surface area (Å²) in [6.45, 7) is 1.23. The van der Waals surface area contributed by atoms with Crippen molar-refractivity contribution in [2.75, 3.05) is 32.6 Å². The zero-order valence-corrected chi connectivity index (χ0v) is 16.7. The van der Waals surface area contributed by atoms with Gasteiger partial charge in [-0.3, -0.25) is 9.69 Å². The van der Waals surface area contributed by atoms with E-state index in [2.05, 4.69) is 9.71 Å². The summed E-state index contributed by atoms with van der Waals surface area (Å²) in [5.41, 5.74) is 0.336. The zero-order chi connectivity index (χ0) is 20.3. The SMILES string of the molecule is COC(=O)N1CCCC1C(=O)Nc1cccc(S(=O)(=O)/N=C2/CCCN2C)c1. The average Bonchev–Trinajstić information content (AvgIpc) is 3.31. The highest BCUT2D eigenvalue weighted by atomic mass is 32.2. The highest BCUT2D eigenvalue weighted by Crippen LogP contribution is 2.23. The summed E-state index contributed by atoms with van der Waals surface area (Å²) in [6, 6.07) is 5.33. The van der Waals surface area contributed by atoms with Gasteiger partial charge in [-0.2, -0.15) is 8.42 Å². The molecule has 9 nitrogen and oxygen atoms in total. The molecule has 2 aliphatic rings. The van der Waals surface area contributed by atoms with E-state index in [9.17, 15) is 18.0 Å². The van der Waals surface area contributed by atoms with Gasteiger partial charge in [0.05, 0.1) is 12.0 Å². The zero-order valence-electron chi connectivity index (χ0n) is 15.9. The molecule has 1 atom stereocenters. The van der Waals surface area contributed by atoms with Gasteiger partial charge in [0, 0.05) is 32.2 Å². The number of amidine groups is 1. The summed E-state index contributed by atoms with van der Waals surface area (Å²) in [6.07, 6.45) is 2.17. The van der Waals surface area contributed by atoms with Crippen LogP contribution in [-0.2, 0) is 19.6 Å². The number of nitrogens with one attached hydrogen (secondary N) is 1. The number of likely N-dealkylation sites (tertiary alicyclic amines) is 2. The fraction of sp³-hybridized carbons (Fsp3) is 0.500. The van der Waals surface area contributed by atoms with Crippen LogP contribution >= 0.6 is 0 Å². The van der Waals surface area contributed by atoms with Crippen LogP contribution in [0.2, 0.25) is 0 Å². The molecule has 152 valence electrons. The summed E-state index contributed by atoms with van der Waals surface area (Å²) >= 11 is 0. The Morgan fingerprint density at radius 3 is 2.71 bits per heavy atom. The van der Waals surface area contributed by atoms with Crippen molar-refractivity contribution >= 4 is 33.5 Å². The van der Waals surface area contributed by atoms with E-state index in [1.54, 1.807) is 12.1 Å². The minimum atomic E-state index is -3.87. The molecule has 2 heterocycles. The Labute approximate surface area is 164 Å². The molecular weight excluding hydrogens is 384 g/mol. The van der Waals surface area contributed by atoms with E-state index in [1.165, 1.54) is 24.1 Å². The molecule has 2 aliphatic heterocycles. The summed E-state index contributed by atoms with van der Waals surface area (Å²) in [7, 11) is -0.788. The molecule has 1 aromatic rings. The molecule has 0 aromatic heterocycles. The number of rotatable bonds is 4. The summed E-state index contributed by atoms with van der Waals surface area (Å²) in [5, 5.41) is 2.70. The standard InChI is InChI=1S/C18H24N4O5S/c1-21-10-5-9-16(21)20-28(25,26)14-7-3-6-13(12-14)19-17(23)15-8-4-11-22(15)18(24)27-2/h3,6-7,12,15H,4-5,8-11H2,1-2H3,(H,19,23)/b20-16-. The van der Waals surface area contributed by atoms with Crippen molar-refractivity contribution in [1.29, 1.82) is 0 Å². The Morgan fingerprint density at radius 1 is 1.25 bits per heavy atom. The quantitative estimate of drug-likeness (QED) is 0.812. The number of amides is 2. The second kappa shape index (κ2) is 8.17. The first-order valence-electron chi connectivity index (χ1n) is 9.12. The summed E-state index contributed by atoms with van der Waals surface area (Å²) < 4.78 is 33.9. The van der Waals surface area contributed by atoms with Crippen molar-refractivity contribution in [2.45, 2.75) is 36.6 Å². The smallest absolute Gasteiger partial charge is 0.410 e. The lowest BCUT2D eigenvalue weighted by atomic mass is 10.2. The van der Waals surface area contributed by atoms with Gasteiger partial charge in [-0.05, 0) is 37.5 Å². The molecule has 1 N–H and O–H groups in total. The minimum Gasteiger partial charge on any atom is -0.453 e. The van der Waals surface area contributed by atoms with E-state index in [0.29, 0.717) is 37.3 Å². The Morgan fingerprint density at radius 2 is 2.04 bits per heavy atom.